The molecule has 0 spiro atoms. The van der Waals surface area contributed by atoms with Crippen molar-refractivity contribution < 1.29 is 4.79 Å². The lowest BCUT2D eigenvalue weighted by atomic mass is 10.1. The average Bonchev–Trinajstić information content (AvgIpc) is 2.85. The second-order valence-corrected chi connectivity index (χ2v) is 5.94. The Bertz CT molecular complexity index is 623. The minimum absolute atomic E-state index is 0.273. The molecule has 1 aromatic carbocycles. The Balaban J connectivity index is 1.73. The molecule has 1 aromatic heterocycles. The maximum Gasteiger partial charge on any atom is 0.222 e. The highest BCUT2D eigenvalue weighted by Gasteiger charge is 2.28. The summed E-state index contributed by atoms with van der Waals surface area (Å²) in [5.41, 5.74) is 1.08. The number of rotatable bonds is 4. The third kappa shape index (κ3) is 2.70. The summed E-state index contributed by atoms with van der Waals surface area (Å²) in [6.45, 7) is 1.64. The molecule has 1 aliphatic heterocycles. The lowest BCUT2D eigenvalue weighted by Crippen LogP contribution is -2.28. The van der Waals surface area contributed by atoms with Crippen molar-refractivity contribution in [3.8, 4) is 0 Å². The van der Waals surface area contributed by atoms with E-state index in [2.05, 4.69) is 33.0 Å². The topological polar surface area (TPSA) is 33.2 Å². The first kappa shape index (κ1) is 13.6. The second kappa shape index (κ2) is 5.92. The van der Waals surface area contributed by atoms with Gasteiger partial charge in [0.15, 0.2) is 0 Å². The first-order valence-corrected chi connectivity index (χ1v) is 8.06. The van der Waals surface area contributed by atoms with E-state index in [9.17, 15) is 4.79 Å². The number of amides is 1. The molecule has 0 N–H and O–H groups in total. The van der Waals surface area contributed by atoms with E-state index in [0.717, 1.165) is 30.5 Å². The first-order chi connectivity index (χ1) is 9.78. The molecule has 1 amide bonds. The molecule has 3 rings (SSSR count). The zero-order chi connectivity index (χ0) is 13.9. The minimum Gasteiger partial charge on any atom is -0.342 e. The van der Waals surface area contributed by atoms with Crippen molar-refractivity contribution in [2.45, 2.75) is 12.8 Å². The van der Waals surface area contributed by atoms with Crippen LogP contribution < -0.4 is 0 Å². The highest BCUT2D eigenvalue weighted by Crippen LogP contribution is 2.21. The Morgan fingerprint density at radius 1 is 1.30 bits per heavy atom. The maximum atomic E-state index is 11.9. The normalized spacial score (nSPS) is 18.9. The van der Waals surface area contributed by atoms with Crippen LogP contribution >= 0.6 is 15.9 Å². The van der Waals surface area contributed by atoms with E-state index in [-0.39, 0.29) is 5.91 Å². The van der Waals surface area contributed by atoms with Gasteiger partial charge < -0.3 is 4.90 Å². The SMILES string of the molecule is O=C1CC(CBr)CN1CCc1nccc2ccccc12. The zero-order valence-corrected chi connectivity index (χ0v) is 12.8. The van der Waals surface area contributed by atoms with Crippen LogP contribution in [0.15, 0.2) is 36.5 Å². The Kier molecular flexibility index (Phi) is 4.01. The number of halogens is 1. The molecule has 0 saturated carbocycles. The van der Waals surface area contributed by atoms with Crippen molar-refractivity contribution in [3.05, 3.63) is 42.2 Å². The molecule has 20 heavy (non-hydrogen) atoms. The molecule has 4 heteroatoms. The Morgan fingerprint density at radius 2 is 2.15 bits per heavy atom. The molecule has 1 saturated heterocycles. The lowest BCUT2D eigenvalue weighted by Gasteiger charge is -2.16. The van der Waals surface area contributed by atoms with Gasteiger partial charge in [-0.3, -0.25) is 9.78 Å². The smallest absolute Gasteiger partial charge is 0.222 e. The van der Waals surface area contributed by atoms with Crippen LogP contribution in [-0.2, 0) is 11.2 Å². The van der Waals surface area contributed by atoms with Crippen LogP contribution in [0.25, 0.3) is 10.8 Å². The van der Waals surface area contributed by atoms with Crippen molar-refractivity contribution in [1.29, 1.82) is 0 Å². The van der Waals surface area contributed by atoms with Gasteiger partial charge in [0.2, 0.25) is 5.91 Å². The molecule has 0 radical (unpaired) electrons. The van der Waals surface area contributed by atoms with E-state index >= 15 is 0 Å². The van der Waals surface area contributed by atoms with Crippen LogP contribution in [0.1, 0.15) is 12.1 Å². The molecule has 0 aliphatic carbocycles. The zero-order valence-electron chi connectivity index (χ0n) is 11.3. The van der Waals surface area contributed by atoms with Crippen LogP contribution in [0.3, 0.4) is 0 Å². The third-order valence-corrected chi connectivity index (χ3v) is 4.80. The quantitative estimate of drug-likeness (QED) is 0.806. The van der Waals surface area contributed by atoms with Crippen molar-refractivity contribution in [1.82, 2.24) is 9.88 Å². The minimum atomic E-state index is 0.273. The van der Waals surface area contributed by atoms with Gasteiger partial charge in [-0.15, -0.1) is 0 Å². The third-order valence-electron chi connectivity index (χ3n) is 3.89. The number of pyridine rings is 1. The van der Waals surface area contributed by atoms with E-state index in [1.54, 1.807) is 0 Å². The van der Waals surface area contributed by atoms with E-state index < -0.39 is 0 Å². The summed E-state index contributed by atoms with van der Waals surface area (Å²) in [7, 11) is 0. The standard InChI is InChI=1S/C16H17BrN2O/c17-10-12-9-16(20)19(11-12)8-6-15-14-4-2-1-3-13(14)5-7-18-15/h1-5,7,12H,6,8-11H2. The number of hydrogen-bond acceptors (Lipinski definition) is 2. The summed E-state index contributed by atoms with van der Waals surface area (Å²) in [5, 5.41) is 3.31. The summed E-state index contributed by atoms with van der Waals surface area (Å²) < 4.78 is 0. The molecular weight excluding hydrogens is 316 g/mol. The number of carbonyl (C=O) groups is 1. The van der Waals surface area contributed by atoms with Gasteiger partial charge in [0.05, 0.1) is 0 Å². The van der Waals surface area contributed by atoms with Crippen molar-refractivity contribution in [3.63, 3.8) is 0 Å². The summed E-state index contributed by atoms with van der Waals surface area (Å²) in [6.07, 6.45) is 3.35. The monoisotopic (exact) mass is 332 g/mol. The van der Waals surface area contributed by atoms with Crippen LogP contribution in [0.4, 0.5) is 0 Å². The average molecular weight is 333 g/mol. The molecule has 1 fully saturated rings. The van der Waals surface area contributed by atoms with Crippen LogP contribution in [0.2, 0.25) is 0 Å². The number of nitrogens with zero attached hydrogens (tertiary/aromatic N) is 2. The number of aromatic nitrogens is 1. The highest BCUT2D eigenvalue weighted by atomic mass is 79.9. The predicted molar refractivity (Wildman–Crippen MR) is 83.9 cm³/mol. The van der Waals surface area contributed by atoms with Gasteiger partial charge in [0, 0.05) is 48.5 Å². The molecule has 1 unspecified atom stereocenters. The molecule has 104 valence electrons. The highest BCUT2D eigenvalue weighted by molar-refractivity contribution is 9.09. The van der Waals surface area contributed by atoms with Crippen molar-refractivity contribution >= 4 is 32.6 Å². The van der Waals surface area contributed by atoms with E-state index in [1.165, 1.54) is 10.8 Å². The van der Waals surface area contributed by atoms with Crippen molar-refractivity contribution in [2.75, 3.05) is 18.4 Å². The first-order valence-electron chi connectivity index (χ1n) is 6.94. The fraction of sp³-hybridized carbons (Fsp3) is 0.375. The molecule has 0 bridgehead atoms. The fourth-order valence-corrected chi connectivity index (χ4v) is 3.23. The Labute approximate surface area is 127 Å². The number of fused-ring (bicyclic) bond motifs is 1. The molecule has 1 atom stereocenters. The number of hydrogen-bond donors (Lipinski definition) is 0. The summed E-state index contributed by atoms with van der Waals surface area (Å²) in [4.78, 5) is 18.4. The predicted octanol–water partition coefficient (Wildman–Crippen LogP) is 3.02. The van der Waals surface area contributed by atoms with Crippen LogP contribution in [0, 0.1) is 5.92 Å². The van der Waals surface area contributed by atoms with E-state index in [0.29, 0.717) is 12.3 Å². The van der Waals surface area contributed by atoms with Gasteiger partial charge >= 0.3 is 0 Å². The van der Waals surface area contributed by atoms with Crippen LogP contribution in [-0.4, -0.2) is 34.2 Å². The van der Waals surface area contributed by atoms with Crippen molar-refractivity contribution in [2.24, 2.45) is 5.92 Å². The molecule has 3 nitrogen and oxygen atoms in total. The Morgan fingerprint density at radius 3 is 2.95 bits per heavy atom. The number of likely N-dealkylation sites (tertiary alicyclic amines) is 1. The van der Waals surface area contributed by atoms with E-state index in [4.69, 9.17) is 0 Å². The largest absolute Gasteiger partial charge is 0.342 e. The number of carbonyl (C=O) groups excluding carboxylic acids is 1. The maximum absolute atomic E-state index is 11.9. The number of benzene rings is 1. The van der Waals surface area contributed by atoms with Gasteiger partial charge in [-0.05, 0) is 17.4 Å². The molecule has 2 heterocycles. The summed E-state index contributed by atoms with van der Waals surface area (Å²) in [6, 6.07) is 10.3. The second-order valence-electron chi connectivity index (χ2n) is 5.29. The van der Waals surface area contributed by atoms with E-state index in [1.807, 2.05) is 29.3 Å². The summed E-state index contributed by atoms with van der Waals surface area (Å²) in [5.74, 6) is 0.734. The molecular formula is C16H17BrN2O. The fourth-order valence-electron chi connectivity index (χ4n) is 2.80. The van der Waals surface area contributed by atoms with Gasteiger partial charge in [-0.25, -0.2) is 0 Å². The van der Waals surface area contributed by atoms with Gasteiger partial charge in [0.1, 0.15) is 0 Å². The van der Waals surface area contributed by atoms with Gasteiger partial charge in [-0.2, -0.15) is 0 Å². The number of alkyl halides is 1. The molecule has 2 aromatic rings. The molecule has 1 aliphatic rings. The summed E-state index contributed by atoms with van der Waals surface area (Å²) >= 11 is 3.47. The van der Waals surface area contributed by atoms with Crippen LogP contribution in [0.5, 0.6) is 0 Å². The Hall–Kier alpha value is -1.42. The lowest BCUT2D eigenvalue weighted by molar-refractivity contribution is -0.127. The van der Waals surface area contributed by atoms with Gasteiger partial charge in [0.25, 0.3) is 0 Å². The van der Waals surface area contributed by atoms with Gasteiger partial charge in [-0.1, -0.05) is 40.2 Å².